The molecule has 2 aromatic carbocycles. The Hall–Kier alpha value is -3.63. The van der Waals surface area contributed by atoms with E-state index < -0.39 is 10.1 Å². The van der Waals surface area contributed by atoms with Gasteiger partial charge in [-0.3, -0.25) is 8.98 Å². The van der Waals surface area contributed by atoms with Crippen molar-refractivity contribution in [1.29, 1.82) is 0 Å². The molecule has 0 unspecified atom stereocenters. The molecule has 0 N–H and O–H groups in total. The summed E-state index contributed by atoms with van der Waals surface area (Å²) in [4.78, 5) is 18.5. The Labute approximate surface area is 199 Å². The number of aromatic nitrogens is 1. The molecule has 1 heterocycles. The van der Waals surface area contributed by atoms with Crippen molar-refractivity contribution in [3.05, 3.63) is 72.4 Å². The van der Waals surface area contributed by atoms with Crippen molar-refractivity contribution in [3.63, 3.8) is 0 Å². The lowest BCUT2D eigenvalue weighted by Gasteiger charge is -2.24. The zero-order valence-corrected chi connectivity index (χ0v) is 19.9. The van der Waals surface area contributed by atoms with E-state index in [0.717, 1.165) is 6.26 Å². The Morgan fingerprint density at radius 1 is 1.00 bits per heavy atom. The minimum absolute atomic E-state index is 0.00172. The second kappa shape index (κ2) is 11.5. The molecule has 0 bridgehead atoms. The third kappa shape index (κ3) is 7.19. The molecule has 3 aromatic rings. The second-order valence-electron chi connectivity index (χ2n) is 7.20. The lowest BCUT2D eigenvalue weighted by Crippen LogP contribution is -2.28. The van der Waals surface area contributed by atoms with E-state index in [1.54, 1.807) is 48.7 Å². The van der Waals surface area contributed by atoms with Crippen LogP contribution in [0, 0.1) is 0 Å². The van der Waals surface area contributed by atoms with Crippen LogP contribution in [0.25, 0.3) is 0 Å². The number of para-hydroxylation sites is 1. The highest BCUT2D eigenvalue weighted by atomic mass is 32.2. The number of anilines is 1. The number of pyridine rings is 1. The molecule has 180 valence electrons. The molecule has 0 atom stereocenters. The Balaban J connectivity index is 1.88. The van der Waals surface area contributed by atoms with Gasteiger partial charge in [-0.25, -0.2) is 4.98 Å². The highest BCUT2D eigenvalue weighted by Gasteiger charge is 2.20. The number of amides is 1. The van der Waals surface area contributed by atoms with Gasteiger partial charge in [-0.1, -0.05) is 18.2 Å². The van der Waals surface area contributed by atoms with Crippen LogP contribution in [0.15, 0.2) is 66.9 Å². The fourth-order valence-corrected chi connectivity index (χ4v) is 3.46. The Morgan fingerprint density at radius 2 is 1.76 bits per heavy atom. The largest absolute Gasteiger partial charge is 0.497 e. The Bertz CT molecular complexity index is 1220. The average molecular weight is 487 g/mol. The predicted molar refractivity (Wildman–Crippen MR) is 127 cm³/mol. The van der Waals surface area contributed by atoms with E-state index >= 15 is 0 Å². The molecule has 34 heavy (non-hydrogen) atoms. The van der Waals surface area contributed by atoms with Crippen LogP contribution >= 0.6 is 0 Å². The van der Waals surface area contributed by atoms with Crippen molar-refractivity contribution in [2.75, 3.05) is 31.5 Å². The minimum Gasteiger partial charge on any atom is -0.497 e. The van der Waals surface area contributed by atoms with Gasteiger partial charge in [-0.15, -0.1) is 0 Å². The third-order valence-electron chi connectivity index (χ3n) is 4.61. The van der Waals surface area contributed by atoms with Crippen molar-refractivity contribution in [2.45, 2.75) is 13.5 Å². The van der Waals surface area contributed by atoms with Gasteiger partial charge in [0.1, 0.15) is 36.1 Å². The lowest BCUT2D eigenvalue weighted by atomic mass is 10.1. The molecule has 0 spiro atoms. The molecule has 0 aliphatic carbocycles. The van der Waals surface area contributed by atoms with Crippen LogP contribution in [-0.4, -0.2) is 45.9 Å². The number of carbonyl (C=O) groups excluding carboxylic acids is 1. The number of ether oxygens (including phenoxy) is 3. The summed E-state index contributed by atoms with van der Waals surface area (Å²) in [6.07, 6.45) is 2.56. The molecule has 10 heteroatoms. The first-order valence-electron chi connectivity index (χ1n) is 10.4. The third-order valence-corrected chi connectivity index (χ3v) is 5.21. The molecule has 1 aromatic heterocycles. The average Bonchev–Trinajstić information content (AvgIpc) is 2.81. The molecule has 0 aliphatic heterocycles. The summed E-state index contributed by atoms with van der Waals surface area (Å²) < 4.78 is 44.1. The lowest BCUT2D eigenvalue weighted by molar-refractivity contribution is -0.116. The summed E-state index contributed by atoms with van der Waals surface area (Å²) in [7, 11) is -2.03. The normalized spacial score (nSPS) is 11.0. The number of hydrogen-bond donors (Lipinski definition) is 0. The molecular formula is C24H26N2O7S. The topological polar surface area (TPSA) is 104 Å². The second-order valence-corrected chi connectivity index (χ2v) is 8.84. The Kier molecular flexibility index (Phi) is 8.44. The summed E-state index contributed by atoms with van der Waals surface area (Å²) >= 11 is 0. The maximum absolute atomic E-state index is 12.7. The standard InChI is InChI=1S/C24H26N2O7S/c1-18(27)26(22-10-7-13-25-24(22)33-20-8-5-4-6-9-20)17-19-16-21(30-2)11-12-23(19)31-14-15-32-34(3,28)29/h4-13,16H,14-15,17H2,1-3H3. The molecular weight excluding hydrogens is 460 g/mol. The first-order valence-corrected chi connectivity index (χ1v) is 12.2. The van der Waals surface area contributed by atoms with Gasteiger partial charge in [0.2, 0.25) is 11.8 Å². The van der Waals surface area contributed by atoms with Gasteiger partial charge in [0.15, 0.2) is 0 Å². The van der Waals surface area contributed by atoms with Gasteiger partial charge < -0.3 is 19.1 Å². The fourth-order valence-electron chi connectivity index (χ4n) is 3.09. The molecule has 0 radical (unpaired) electrons. The fraction of sp³-hybridized carbons (Fsp3) is 0.250. The molecule has 0 saturated heterocycles. The van der Waals surface area contributed by atoms with Gasteiger partial charge in [-0.2, -0.15) is 8.42 Å². The van der Waals surface area contributed by atoms with E-state index in [-0.39, 0.29) is 31.5 Å². The molecule has 3 rings (SSSR count). The van der Waals surface area contributed by atoms with Crippen molar-refractivity contribution in [1.82, 2.24) is 4.98 Å². The molecule has 1 amide bonds. The monoisotopic (exact) mass is 486 g/mol. The zero-order chi connectivity index (χ0) is 24.6. The summed E-state index contributed by atoms with van der Waals surface area (Å²) in [5.41, 5.74) is 1.12. The smallest absolute Gasteiger partial charge is 0.264 e. The maximum Gasteiger partial charge on any atom is 0.264 e. The van der Waals surface area contributed by atoms with E-state index in [9.17, 15) is 13.2 Å². The van der Waals surface area contributed by atoms with E-state index in [0.29, 0.717) is 28.5 Å². The van der Waals surface area contributed by atoms with Crippen LogP contribution in [0.5, 0.6) is 23.1 Å². The summed E-state index contributed by atoms with van der Waals surface area (Å²) in [5, 5.41) is 0. The van der Waals surface area contributed by atoms with E-state index in [1.165, 1.54) is 18.9 Å². The summed E-state index contributed by atoms with van der Waals surface area (Å²) in [6.45, 7) is 1.44. The summed E-state index contributed by atoms with van der Waals surface area (Å²) in [5.74, 6) is 1.65. The van der Waals surface area contributed by atoms with Crippen LogP contribution < -0.4 is 19.1 Å². The number of nitrogens with zero attached hydrogens (tertiary/aromatic N) is 2. The number of hydrogen-bond acceptors (Lipinski definition) is 8. The maximum atomic E-state index is 12.7. The van der Waals surface area contributed by atoms with Gasteiger partial charge in [0.25, 0.3) is 10.1 Å². The van der Waals surface area contributed by atoms with Gasteiger partial charge in [0.05, 0.1) is 19.9 Å². The minimum atomic E-state index is -3.57. The van der Waals surface area contributed by atoms with Crippen molar-refractivity contribution >= 4 is 21.7 Å². The molecule has 0 aliphatic rings. The molecule has 9 nitrogen and oxygen atoms in total. The highest BCUT2D eigenvalue weighted by molar-refractivity contribution is 7.85. The predicted octanol–water partition coefficient (Wildman–Crippen LogP) is 3.79. The number of benzene rings is 2. The number of rotatable bonds is 11. The van der Waals surface area contributed by atoms with Crippen molar-refractivity contribution < 1.29 is 31.6 Å². The van der Waals surface area contributed by atoms with E-state index in [2.05, 4.69) is 4.98 Å². The zero-order valence-electron chi connectivity index (χ0n) is 19.1. The van der Waals surface area contributed by atoms with Gasteiger partial charge in [-0.05, 0) is 42.5 Å². The first kappa shape index (κ1) is 25.0. The van der Waals surface area contributed by atoms with Crippen LogP contribution in [-0.2, 0) is 25.6 Å². The van der Waals surface area contributed by atoms with Crippen molar-refractivity contribution in [2.24, 2.45) is 0 Å². The van der Waals surface area contributed by atoms with Crippen LogP contribution in [0.3, 0.4) is 0 Å². The van der Waals surface area contributed by atoms with Crippen LogP contribution in [0.1, 0.15) is 12.5 Å². The van der Waals surface area contributed by atoms with E-state index in [4.69, 9.17) is 18.4 Å². The quantitative estimate of drug-likeness (QED) is 0.298. The first-order chi connectivity index (χ1) is 16.3. The number of methoxy groups -OCH3 is 1. The van der Waals surface area contributed by atoms with Gasteiger partial charge >= 0.3 is 0 Å². The number of carbonyl (C=O) groups is 1. The van der Waals surface area contributed by atoms with Gasteiger partial charge in [0, 0.05) is 18.7 Å². The van der Waals surface area contributed by atoms with Crippen molar-refractivity contribution in [3.8, 4) is 23.1 Å². The van der Waals surface area contributed by atoms with Crippen LogP contribution in [0.4, 0.5) is 5.69 Å². The Morgan fingerprint density at radius 3 is 2.44 bits per heavy atom. The molecule has 0 saturated carbocycles. The molecule has 0 fully saturated rings. The van der Waals surface area contributed by atoms with E-state index in [1.807, 2.05) is 18.2 Å². The summed E-state index contributed by atoms with van der Waals surface area (Å²) in [6, 6.07) is 17.8. The highest BCUT2D eigenvalue weighted by Crippen LogP contribution is 2.33. The SMILES string of the molecule is COc1ccc(OCCOS(C)(=O)=O)c(CN(C(C)=O)c2cccnc2Oc2ccccc2)c1. The van der Waals surface area contributed by atoms with Crippen LogP contribution in [0.2, 0.25) is 0 Å².